The molecule has 0 aliphatic carbocycles. The number of fused-ring (bicyclic) bond motifs is 3. The lowest BCUT2D eigenvalue weighted by Crippen LogP contribution is -2.45. The predicted molar refractivity (Wildman–Crippen MR) is 112 cm³/mol. The van der Waals surface area contributed by atoms with Crippen LogP contribution in [0, 0.1) is 0 Å². The number of carbonyl (C=O) groups excluding carboxylic acids is 2. The number of hydrogen-bond donors (Lipinski definition) is 1. The fourth-order valence-electron chi connectivity index (χ4n) is 3.42. The van der Waals surface area contributed by atoms with E-state index in [9.17, 15) is 19.5 Å². The van der Waals surface area contributed by atoms with Gasteiger partial charge in [-0.15, -0.1) is 11.3 Å². The summed E-state index contributed by atoms with van der Waals surface area (Å²) in [5.41, 5.74) is 1.75. The summed E-state index contributed by atoms with van der Waals surface area (Å²) >= 11 is 1.25. The second-order valence-electron chi connectivity index (χ2n) is 6.63. The van der Waals surface area contributed by atoms with Crippen LogP contribution < -0.4 is 4.90 Å². The number of nitrogens with zero attached hydrogens (tertiary/aromatic N) is 1. The van der Waals surface area contributed by atoms with Gasteiger partial charge in [-0.05, 0) is 41.8 Å². The van der Waals surface area contributed by atoms with Gasteiger partial charge in [0, 0.05) is 29.7 Å². The van der Waals surface area contributed by atoms with Crippen molar-refractivity contribution in [3.63, 3.8) is 0 Å². The Hall–Kier alpha value is -3.45. The van der Waals surface area contributed by atoms with Crippen molar-refractivity contribution in [3.05, 3.63) is 65.5 Å². The first-order valence-electron chi connectivity index (χ1n) is 8.96. The minimum atomic E-state index is -1.28. The topological polar surface area (TPSA) is 87.8 Å². The zero-order valence-electron chi connectivity index (χ0n) is 15.5. The predicted octanol–water partition coefficient (Wildman–Crippen LogP) is 4.73. The van der Waals surface area contributed by atoms with Crippen LogP contribution in [0.5, 0.6) is 0 Å². The molecule has 0 aliphatic heterocycles. The summed E-state index contributed by atoms with van der Waals surface area (Å²) < 4.78 is 5.77. The third kappa shape index (κ3) is 3.52. The van der Waals surface area contributed by atoms with Crippen molar-refractivity contribution in [2.45, 2.75) is 19.4 Å². The summed E-state index contributed by atoms with van der Waals surface area (Å²) in [5.74, 6) is -2.01. The number of carboxylic acid groups (broad SMARTS) is 1. The average Bonchev–Trinajstić information content (AvgIpc) is 3.34. The molecule has 1 unspecified atom stereocenters. The van der Waals surface area contributed by atoms with Crippen LogP contribution in [0.3, 0.4) is 0 Å². The molecule has 4 aromatic rings. The molecule has 0 radical (unpaired) electrons. The fraction of sp³-hybridized carbons (Fsp3) is 0.136. The number of thiophene rings is 1. The van der Waals surface area contributed by atoms with Crippen molar-refractivity contribution in [1.29, 1.82) is 0 Å². The number of rotatable bonds is 6. The molecule has 146 valence electrons. The van der Waals surface area contributed by atoms with E-state index in [4.69, 9.17) is 4.42 Å². The van der Waals surface area contributed by atoms with E-state index in [0.29, 0.717) is 16.1 Å². The number of aliphatic carboxylic acids is 1. The number of para-hydroxylation sites is 1. The molecule has 7 heteroatoms. The molecule has 1 atom stereocenters. The van der Waals surface area contributed by atoms with Crippen LogP contribution in [0.15, 0.2) is 64.4 Å². The normalized spacial score (nSPS) is 12.2. The first kappa shape index (κ1) is 18.9. The van der Waals surface area contributed by atoms with Gasteiger partial charge in [0.1, 0.15) is 17.2 Å². The van der Waals surface area contributed by atoms with Crippen LogP contribution in [0.2, 0.25) is 0 Å². The minimum Gasteiger partial charge on any atom is -0.480 e. The lowest BCUT2D eigenvalue weighted by atomic mass is 10.0. The van der Waals surface area contributed by atoms with E-state index < -0.39 is 17.9 Å². The van der Waals surface area contributed by atoms with E-state index in [0.717, 1.165) is 21.3 Å². The number of ketones is 1. The first-order valence-corrected chi connectivity index (χ1v) is 9.84. The molecule has 0 bridgehead atoms. The lowest BCUT2D eigenvalue weighted by Gasteiger charge is -2.26. The Labute approximate surface area is 170 Å². The molecule has 1 N–H and O–H groups in total. The van der Waals surface area contributed by atoms with Crippen molar-refractivity contribution in [1.82, 2.24) is 0 Å². The summed E-state index contributed by atoms with van der Waals surface area (Å²) in [5, 5.41) is 13.6. The summed E-state index contributed by atoms with van der Waals surface area (Å²) in [7, 11) is 0. The number of carbonyl (C=O) groups is 3. The van der Waals surface area contributed by atoms with Crippen LogP contribution in [0.1, 0.15) is 23.7 Å². The zero-order chi connectivity index (χ0) is 20.5. The van der Waals surface area contributed by atoms with E-state index in [1.807, 2.05) is 24.3 Å². The minimum absolute atomic E-state index is 0.325. The monoisotopic (exact) mass is 407 g/mol. The molecule has 1 amide bonds. The summed E-state index contributed by atoms with van der Waals surface area (Å²) in [6.45, 7) is 1.30. The Kier molecular flexibility index (Phi) is 4.90. The largest absolute Gasteiger partial charge is 0.480 e. The Bertz CT molecular complexity index is 1220. The van der Waals surface area contributed by atoms with Crippen LogP contribution in [-0.2, 0) is 9.59 Å². The molecule has 2 aromatic heterocycles. The van der Waals surface area contributed by atoms with E-state index in [1.54, 1.807) is 35.7 Å². The highest BCUT2D eigenvalue weighted by molar-refractivity contribution is 7.14. The molecule has 0 saturated carbocycles. The maximum Gasteiger partial charge on any atom is 0.327 e. The van der Waals surface area contributed by atoms with Crippen LogP contribution >= 0.6 is 11.3 Å². The highest BCUT2D eigenvalue weighted by Gasteiger charge is 2.32. The van der Waals surface area contributed by atoms with Gasteiger partial charge in [-0.25, -0.2) is 4.79 Å². The molecular formula is C22H17NO5S. The van der Waals surface area contributed by atoms with Crippen LogP contribution in [-0.4, -0.2) is 28.8 Å². The molecule has 4 rings (SSSR count). The average molecular weight is 407 g/mol. The van der Waals surface area contributed by atoms with Gasteiger partial charge < -0.3 is 9.52 Å². The number of hydrogen-bond acceptors (Lipinski definition) is 5. The molecule has 2 aromatic carbocycles. The zero-order valence-corrected chi connectivity index (χ0v) is 16.3. The van der Waals surface area contributed by atoms with Crippen molar-refractivity contribution in [2.75, 3.05) is 4.90 Å². The highest BCUT2D eigenvalue weighted by Crippen LogP contribution is 2.30. The number of furan rings is 1. The van der Waals surface area contributed by atoms with Gasteiger partial charge in [0.2, 0.25) is 5.91 Å². The van der Waals surface area contributed by atoms with Crippen LogP contribution in [0.4, 0.5) is 5.00 Å². The molecular weight excluding hydrogens is 390 g/mol. The SMILES string of the molecule is CC(=O)N(c1cccs1)C(CC(=O)c1ccc2oc3ccccc3c2c1)C(=O)O. The van der Waals surface area contributed by atoms with E-state index >= 15 is 0 Å². The summed E-state index contributed by atoms with van der Waals surface area (Å²) in [6, 6.07) is 14.7. The first-order chi connectivity index (χ1) is 14.0. The Balaban J connectivity index is 1.68. The lowest BCUT2D eigenvalue weighted by molar-refractivity contribution is -0.139. The molecule has 0 spiro atoms. The Morgan fingerprint density at radius 3 is 2.48 bits per heavy atom. The third-order valence-electron chi connectivity index (χ3n) is 4.76. The standard InChI is InChI=1S/C22H17NO5S/c1-13(24)23(21-7-4-10-29-21)17(22(26)27)12-18(25)14-8-9-20-16(11-14)15-5-2-3-6-19(15)28-20/h2-11,17H,12H2,1H3,(H,26,27). The number of carboxylic acids is 1. The van der Waals surface area contributed by atoms with Crippen molar-refractivity contribution in [3.8, 4) is 0 Å². The molecule has 6 nitrogen and oxygen atoms in total. The quantitative estimate of drug-likeness (QED) is 0.467. The summed E-state index contributed by atoms with van der Waals surface area (Å²) in [6.07, 6.45) is -0.325. The molecule has 0 fully saturated rings. The summed E-state index contributed by atoms with van der Waals surface area (Å²) in [4.78, 5) is 38.1. The second-order valence-corrected chi connectivity index (χ2v) is 7.56. The second kappa shape index (κ2) is 7.52. The van der Waals surface area contributed by atoms with E-state index in [-0.39, 0.29) is 12.2 Å². The number of amides is 1. The van der Waals surface area contributed by atoms with Crippen molar-refractivity contribution >= 4 is 55.9 Å². The number of Topliss-reactive ketones (excluding diaryl/α,β-unsaturated/α-hetero) is 1. The van der Waals surface area contributed by atoms with E-state index in [1.165, 1.54) is 18.3 Å². The molecule has 29 heavy (non-hydrogen) atoms. The smallest absolute Gasteiger partial charge is 0.327 e. The van der Waals surface area contributed by atoms with Gasteiger partial charge in [0.25, 0.3) is 0 Å². The third-order valence-corrected chi connectivity index (χ3v) is 5.62. The van der Waals surface area contributed by atoms with E-state index in [2.05, 4.69) is 0 Å². The van der Waals surface area contributed by atoms with Gasteiger partial charge in [0.15, 0.2) is 5.78 Å². The molecule has 2 heterocycles. The van der Waals surface area contributed by atoms with Gasteiger partial charge in [-0.1, -0.05) is 18.2 Å². The van der Waals surface area contributed by atoms with Crippen molar-refractivity contribution < 1.29 is 23.9 Å². The molecule has 0 saturated heterocycles. The van der Waals surface area contributed by atoms with Gasteiger partial charge in [-0.2, -0.15) is 0 Å². The Morgan fingerprint density at radius 2 is 1.79 bits per heavy atom. The fourth-order valence-corrected chi connectivity index (χ4v) is 4.24. The highest BCUT2D eigenvalue weighted by atomic mass is 32.1. The van der Waals surface area contributed by atoms with Crippen LogP contribution in [0.25, 0.3) is 21.9 Å². The number of anilines is 1. The van der Waals surface area contributed by atoms with Crippen molar-refractivity contribution in [2.24, 2.45) is 0 Å². The number of benzene rings is 2. The Morgan fingerprint density at radius 1 is 1.03 bits per heavy atom. The van der Waals surface area contributed by atoms with Gasteiger partial charge in [-0.3, -0.25) is 14.5 Å². The maximum atomic E-state index is 12.9. The maximum absolute atomic E-state index is 12.9. The molecule has 0 aliphatic rings. The van der Waals surface area contributed by atoms with Gasteiger partial charge >= 0.3 is 5.97 Å². The van der Waals surface area contributed by atoms with Gasteiger partial charge in [0.05, 0.1) is 5.00 Å².